The second kappa shape index (κ2) is 9.50. The summed E-state index contributed by atoms with van der Waals surface area (Å²) in [6.45, 7) is 5.28. The number of hydrogen-bond acceptors (Lipinski definition) is 6. The van der Waals surface area contributed by atoms with Crippen LogP contribution in [-0.2, 0) is 22.7 Å². The molecule has 2 aromatic rings. The number of carbonyl (C=O) groups excluding carboxylic acids is 1. The summed E-state index contributed by atoms with van der Waals surface area (Å²) in [7, 11) is 0. The largest absolute Gasteiger partial charge is 0.490 e. The molecular formula is C19H24F3N5O4. The molecule has 4 heterocycles. The Bertz CT molecular complexity index is 857. The van der Waals surface area contributed by atoms with E-state index in [1.54, 1.807) is 25.8 Å². The Kier molecular flexibility index (Phi) is 6.98. The minimum atomic E-state index is -5.08. The number of likely N-dealkylation sites (tertiary alicyclic amines) is 2. The summed E-state index contributed by atoms with van der Waals surface area (Å²) in [6, 6.07) is 4.52. The smallest absolute Gasteiger partial charge is 0.475 e. The number of aromatic nitrogens is 3. The standard InChI is InChI=1S/C17H23N5O2.C2HF3O2/c1-13(23)22-15(9-21-12-18-11-19-21)7-14-8-20(5-4-17(14)22)10-16-3-2-6-24-16;3-2(4,5)1(6)7/h2-3,6,11-12,14-15,17H,4-5,7-10H2,1H3;(H,6,7)/t14-,15+,17+;/m1./s1. The van der Waals surface area contributed by atoms with Crippen LogP contribution in [0.5, 0.6) is 0 Å². The predicted octanol–water partition coefficient (Wildman–Crippen LogP) is 2.02. The number of piperidine rings is 1. The Hall–Kier alpha value is -2.89. The third kappa shape index (κ3) is 5.84. The first-order valence-corrected chi connectivity index (χ1v) is 9.81. The maximum absolute atomic E-state index is 12.2. The fraction of sp³-hybridized carbons (Fsp3) is 0.579. The number of carboxylic acid groups (broad SMARTS) is 1. The Balaban J connectivity index is 0.000000339. The molecule has 1 N–H and O–H groups in total. The number of nitrogens with zero attached hydrogens (tertiary/aromatic N) is 5. The minimum Gasteiger partial charge on any atom is -0.475 e. The number of hydrogen-bond donors (Lipinski definition) is 1. The molecule has 9 nitrogen and oxygen atoms in total. The lowest BCUT2D eigenvalue weighted by Gasteiger charge is -2.38. The highest BCUT2D eigenvalue weighted by molar-refractivity contribution is 5.74. The van der Waals surface area contributed by atoms with E-state index in [-0.39, 0.29) is 11.9 Å². The molecule has 0 radical (unpaired) electrons. The first-order valence-electron chi connectivity index (χ1n) is 9.81. The summed E-state index contributed by atoms with van der Waals surface area (Å²) in [6.07, 6.45) is 1.97. The van der Waals surface area contributed by atoms with Gasteiger partial charge in [0, 0.05) is 26.1 Å². The van der Waals surface area contributed by atoms with Crippen LogP contribution in [0.1, 0.15) is 25.5 Å². The van der Waals surface area contributed by atoms with Gasteiger partial charge in [0.15, 0.2) is 0 Å². The van der Waals surface area contributed by atoms with E-state index in [1.165, 1.54) is 0 Å². The van der Waals surface area contributed by atoms with Crippen LogP contribution >= 0.6 is 0 Å². The summed E-state index contributed by atoms with van der Waals surface area (Å²) >= 11 is 0. The molecule has 31 heavy (non-hydrogen) atoms. The van der Waals surface area contributed by atoms with E-state index >= 15 is 0 Å². The fourth-order valence-corrected chi connectivity index (χ4v) is 4.39. The molecule has 3 atom stereocenters. The van der Waals surface area contributed by atoms with Gasteiger partial charge in [-0.05, 0) is 30.9 Å². The molecule has 2 aromatic heterocycles. The van der Waals surface area contributed by atoms with E-state index < -0.39 is 12.1 Å². The van der Waals surface area contributed by atoms with Crippen LogP contribution in [0.4, 0.5) is 13.2 Å². The molecule has 2 aliphatic heterocycles. The Morgan fingerprint density at radius 3 is 2.65 bits per heavy atom. The highest BCUT2D eigenvalue weighted by atomic mass is 19.4. The van der Waals surface area contributed by atoms with Crippen molar-refractivity contribution in [2.45, 2.75) is 51.1 Å². The van der Waals surface area contributed by atoms with Gasteiger partial charge in [-0.1, -0.05) is 0 Å². The summed E-state index contributed by atoms with van der Waals surface area (Å²) < 4.78 is 39.0. The number of halogens is 3. The van der Waals surface area contributed by atoms with Crippen molar-refractivity contribution < 1.29 is 32.3 Å². The zero-order valence-electron chi connectivity index (χ0n) is 16.9. The predicted molar refractivity (Wildman–Crippen MR) is 101 cm³/mol. The van der Waals surface area contributed by atoms with E-state index in [0.29, 0.717) is 12.0 Å². The van der Waals surface area contributed by atoms with Gasteiger partial charge in [-0.15, -0.1) is 0 Å². The third-order valence-corrected chi connectivity index (χ3v) is 5.53. The Labute approximate surface area is 176 Å². The number of amides is 1. The fourth-order valence-electron chi connectivity index (χ4n) is 4.39. The second-order valence-corrected chi connectivity index (χ2v) is 7.67. The molecule has 0 aliphatic carbocycles. The maximum Gasteiger partial charge on any atom is 0.490 e. The molecule has 0 bridgehead atoms. The van der Waals surface area contributed by atoms with Crippen molar-refractivity contribution in [2.24, 2.45) is 5.92 Å². The van der Waals surface area contributed by atoms with Crippen molar-refractivity contribution in [3.63, 3.8) is 0 Å². The van der Waals surface area contributed by atoms with Crippen molar-refractivity contribution in [1.82, 2.24) is 24.6 Å². The molecule has 170 valence electrons. The highest BCUT2D eigenvalue weighted by Gasteiger charge is 2.45. The number of carbonyl (C=O) groups is 2. The lowest BCUT2D eigenvalue weighted by Crippen LogP contribution is -2.48. The van der Waals surface area contributed by atoms with Gasteiger partial charge in [-0.3, -0.25) is 14.4 Å². The lowest BCUT2D eigenvalue weighted by molar-refractivity contribution is -0.192. The zero-order valence-corrected chi connectivity index (χ0v) is 16.9. The molecule has 0 aromatic carbocycles. The third-order valence-electron chi connectivity index (χ3n) is 5.53. The number of carboxylic acids is 1. The summed E-state index contributed by atoms with van der Waals surface area (Å²) in [4.78, 5) is 29.7. The number of aliphatic carboxylic acids is 1. The van der Waals surface area contributed by atoms with Crippen molar-refractivity contribution in [2.75, 3.05) is 13.1 Å². The number of furan rings is 1. The molecule has 0 spiro atoms. The number of alkyl halides is 3. The van der Waals surface area contributed by atoms with Crippen LogP contribution in [0.15, 0.2) is 35.5 Å². The molecule has 4 rings (SSSR count). The summed E-state index contributed by atoms with van der Waals surface area (Å²) in [5, 5.41) is 11.3. The summed E-state index contributed by atoms with van der Waals surface area (Å²) in [5.74, 6) is -1.06. The average molecular weight is 443 g/mol. The molecule has 2 fully saturated rings. The molecule has 0 saturated carbocycles. The summed E-state index contributed by atoms with van der Waals surface area (Å²) in [5.41, 5.74) is 0. The van der Waals surface area contributed by atoms with Gasteiger partial charge in [-0.2, -0.15) is 18.3 Å². The van der Waals surface area contributed by atoms with E-state index in [9.17, 15) is 18.0 Å². The van der Waals surface area contributed by atoms with Crippen molar-refractivity contribution in [3.05, 3.63) is 36.8 Å². The van der Waals surface area contributed by atoms with Crippen molar-refractivity contribution >= 4 is 11.9 Å². The Morgan fingerprint density at radius 1 is 1.35 bits per heavy atom. The SMILES string of the molecule is CC(=O)N1[C@H](Cn2cncn2)C[C@@H]2CN(Cc3ccco3)CC[C@@H]21.O=C(O)C(F)(F)F. The van der Waals surface area contributed by atoms with Gasteiger partial charge in [0.1, 0.15) is 18.4 Å². The van der Waals surface area contributed by atoms with Crippen LogP contribution in [-0.4, -0.2) is 72.9 Å². The molecule has 2 saturated heterocycles. The quantitative estimate of drug-likeness (QED) is 0.771. The topological polar surface area (TPSA) is 105 Å². The monoisotopic (exact) mass is 443 g/mol. The van der Waals surface area contributed by atoms with Crippen LogP contribution in [0.2, 0.25) is 0 Å². The minimum absolute atomic E-state index is 0.173. The van der Waals surface area contributed by atoms with E-state index in [4.69, 9.17) is 14.3 Å². The van der Waals surface area contributed by atoms with Crippen LogP contribution in [0.25, 0.3) is 0 Å². The van der Waals surface area contributed by atoms with Crippen molar-refractivity contribution in [3.8, 4) is 0 Å². The lowest BCUT2D eigenvalue weighted by atomic mass is 9.92. The molecule has 1 amide bonds. The number of rotatable bonds is 4. The van der Waals surface area contributed by atoms with Crippen LogP contribution in [0.3, 0.4) is 0 Å². The van der Waals surface area contributed by atoms with Gasteiger partial charge in [0.05, 0.1) is 25.4 Å². The maximum atomic E-state index is 12.2. The van der Waals surface area contributed by atoms with E-state index in [2.05, 4.69) is 19.9 Å². The molecule has 12 heteroatoms. The van der Waals surface area contributed by atoms with Gasteiger partial charge in [-0.25, -0.2) is 9.78 Å². The van der Waals surface area contributed by atoms with Gasteiger partial charge in [0.25, 0.3) is 0 Å². The first-order chi connectivity index (χ1) is 14.6. The first kappa shape index (κ1) is 22.8. The second-order valence-electron chi connectivity index (χ2n) is 7.67. The van der Waals surface area contributed by atoms with E-state index in [0.717, 1.165) is 44.8 Å². The van der Waals surface area contributed by atoms with E-state index in [1.807, 2.05) is 16.8 Å². The normalized spacial score (nSPS) is 23.7. The van der Waals surface area contributed by atoms with Crippen molar-refractivity contribution in [1.29, 1.82) is 0 Å². The average Bonchev–Trinajstić information content (AvgIpc) is 3.42. The van der Waals surface area contributed by atoms with Crippen LogP contribution < -0.4 is 0 Å². The highest BCUT2D eigenvalue weighted by Crippen LogP contribution is 2.36. The molecular weight excluding hydrogens is 419 g/mol. The number of fused-ring (bicyclic) bond motifs is 1. The van der Waals surface area contributed by atoms with Crippen LogP contribution in [0, 0.1) is 5.92 Å². The molecule has 2 aliphatic rings. The Morgan fingerprint density at radius 2 is 2.10 bits per heavy atom. The van der Waals surface area contributed by atoms with Gasteiger partial charge < -0.3 is 14.4 Å². The zero-order chi connectivity index (χ0) is 22.6. The van der Waals surface area contributed by atoms with Gasteiger partial charge in [0.2, 0.25) is 5.91 Å². The molecule has 0 unspecified atom stereocenters. The van der Waals surface area contributed by atoms with Gasteiger partial charge >= 0.3 is 12.1 Å².